The molecule has 4 rings (SSSR count). The lowest BCUT2D eigenvalue weighted by molar-refractivity contribution is -0.122. The van der Waals surface area contributed by atoms with Crippen molar-refractivity contribution in [2.24, 2.45) is 0 Å². The van der Waals surface area contributed by atoms with Gasteiger partial charge >= 0.3 is 0 Å². The summed E-state index contributed by atoms with van der Waals surface area (Å²) in [6, 6.07) is 17.0. The molecular formula is C22H24N2OS. The molecule has 1 aliphatic carbocycles. The minimum absolute atomic E-state index is 0.177. The normalized spacial score (nSPS) is 16.4. The van der Waals surface area contributed by atoms with Gasteiger partial charge in [0.25, 0.3) is 0 Å². The largest absolute Gasteiger partial charge is 0.349 e. The molecule has 1 aliphatic rings. The zero-order chi connectivity index (χ0) is 17.8. The second-order valence-corrected chi connectivity index (χ2v) is 8.11. The summed E-state index contributed by atoms with van der Waals surface area (Å²) in [5, 5.41) is 4.42. The molecule has 0 saturated heterocycles. The minimum Gasteiger partial charge on any atom is -0.349 e. The summed E-state index contributed by atoms with van der Waals surface area (Å²) in [6.07, 6.45) is 6.81. The smallest absolute Gasteiger partial charge is 0.220 e. The highest BCUT2D eigenvalue weighted by molar-refractivity contribution is 7.18. The van der Waals surface area contributed by atoms with Crippen molar-refractivity contribution in [3.05, 3.63) is 64.7 Å². The van der Waals surface area contributed by atoms with Gasteiger partial charge in [-0.15, -0.1) is 11.3 Å². The first-order valence-electron chi connectivity index (χ1n) is 9.51. The van der Waals surface area contributed by atoms with Gasteiger partial charge in [-0.3, -0.25) is 4.79 Å². The third kappa shape index (κ3) is 3.96. The quantitative estimate of drug-likeness (QED) is 0.611. The summed E-state index contributed by atoms with van der Waals surface area (Å²) in [5.74, 6) is 0.177. The van der Waals surface area contributed by atoms with E-state index in [1.165, 1.54) is 20.8 Å². The maximum absolute atomic E-state index is 12.3. The van der Waals surface area contributed by atoms with Gasteiger partial charge in [0.05, 0.1) is 21.3 Å². The van der Waals surface area contributed by atoms with Crippen molar-refractivity contribution >= 4 is 27.5 Å². The van der Waals surface area contributed by atoms with Gasteiger partial charge in [-0.05, 0) is 61.8 Å². The third-order valence-corrected chi connectivity index (χ3v) is 6.18. The second kappa shape index (κ2) is 8.00. The Balaban J connectivity index is 1.24. The van der Waals surface area contributed by atoms with Crippen LogP contribution in [0.25, 0.3) is 10.2 Å². The van der Waals surface area contributed by atoms with E-state index in [0.29, 0.717) is 6.42 Å². The van der Waals surface area contributed by atoms with E-state index < -0.39 is 0 Å². The number of carbonyl (C=O) groups is 1. The molecule has 0 bridgehead atoms. The SMILES string of the molecule is O=C(CCCCc1nc2ccccc2s1)N[C@H]1CCCc2ccccc21. The van der Waals surface area contributed by atoms with Crippen LogP contribution >= 0.6 is 11.3 Å². The van der Waals surface area contributed by atoms with Gasteiger partial charge in [-0.25, -0.2) is 4.98 Å². The van der Waals surface area contributed by atoms with Crippen molar-refractivity contribution in [3.8, 4) is 0 Å². The Kier molecular flexibility index (Phi) is 5.30. The van der Waals surface area contributed by atoms with Crippen LogP contribution in [0.15, 0.2) is 48.5 Å². The number of rotatable bonds is 6. The maximum Gasteiger partial charge on any atom is 0.220 e. The molecule has 4 heteroatoms. The van der Waals surface area contributed by atoms with Crippen molar-refractivity contribution < 1.29 is 4.79 Å². The summed E-state index contributed by atoms with van der Waals surface area (Å²) in [7, 11) is 0. The topological polar surface area (TPSA) is 42.0 Å². The predicted molar refractivity (Wildman–Crippen MR) is 107 cm³/mol. The van der Waals surface area contributed by atoms with Crippen LogP contribution < -0.4 is 5.32 Å². The molecule has 0 aliphatic heterocycles. The highest BCUT2D eigenvalue weighted by Crippen LogP contribution is 2.29. The molecule has 0 radical (unpaired) electrons. The molecule has 134 valence electrons. The van der Waals surface area contributed by atoms with Gasteiger partial charge in [-0.1, -0.05) is 36.4 Å². The lowest BCUT2D eigenvalue weighted by atomic mass is 9.87. The van der Waals surface area contributed by atoms with Crippen LogP contribution in [-0.4, -0.2) is 10.9 Å². The Morgan fingerprint density at radius 1 is 1.12 bits per heavy atom. The van der Waals surface area contributed by atoms with Gasteiger partial charge in [0.15, 0.2) is 0 Å². The highest BCUT2D eigenvalue weighted by atomic mass is 32.1. The molecule has 26 heavy (non-hydrogen) atoms. The van der Waals surface area contributed by atoms with Gasteiger partial charge in [0.1, 0.15) is 0 Å². The third-order valence-electron chi connectivity index (χ3n) is 5.09. The summed E-state index contributed by atoms with van der Waals surface area (Å²) >= 11 is 1.77. The first-order valence-corrected chi connectivity index (χ1v) is 10.3. The maximum atomic E-state index is 12.3. The van der Waals surface area contributed by atoms with Crippen molar-refractivity contribution in [2.45, 2.75) is 51.0 Å². The molecule has 0 unspecified atom stereocenters. The lowest BCUT2D eigenvalue weighted by Gasteiger charge is -2.26. The van der Waals surface area contributed by atoms with Crippen molar-refractivity contribution in [1.82, 2.24) is 10.3 Å². The minimum atomic E-state index is 0.177. The van der Waals surface area contributed by atoms with Crippen LogP contribution in [0.5, 0.6) is 0 Å². The number of unbranched alkanes of at least 4 members (excludes halogenated alkanes) is 1. The summed E-state index contributed by atoms with van der Waals surface area (Å²) in [5.41, 5.74) is 3.78. The Labute approximate surface area is 158 Å². The van der Waals surface area contributed by atoms with Gasteiger partial charge < -0.3 is 5.32 Å². The van der Waals surface area contributed by atoms with E-state index in [0.717, 1.165) is 44.0 Å². The van der Waals surface area contributed by atoms with Crippen molar-refractivity contribution in [2.75, 3.05) is 0 Å². The number of hydrogen-bond acceptors (Lipinski definition) is 3. The zero-order valence-electron chi connectivity index (χ0n) is 14.9. The number of nitrogens with zero attached hydrogens (tertiary/aromatic N) is 1. The lowest BCUT2D eigenvalue weighted by Crippen LogP contribution is -2.30. The van der Waals surface area contributed by atoms with E-state index in [-0.39, 0.29) is 11.9 Å². The number of aromatic nitrogens is 1. The van der Waals surface area contributed by atoms with Crippen LogP contribution in [-0.2, 0) is 17.6 Å². The fraction of sp³-hybridized carbons (Fsp3) is 0.364. The molecule has 1 heterocycles. The predicted octanol–water partition coefficient (Wildman–Crippen LogP) is 5.20. The Hall–Kier alpha value is -2.20. The van der Waals surface area contributed by atoms with E-state index in [2.05, 4.69) is 52.8 Å². The number of para-hydroxylation sites is 1. The average molecular weight is 365 g/mol. The van der Waals surface area contributed by atoms with E-state index in [1.807, 2.05) is 6.07 Å². The fourth-order valence-electron chi connectivity index (χ4n) is 3.76. The summed E-state index contributed by atoms with van der Waals surface area (Å²) in [4.78, 5) is 17.0. The van der Waals surface area contributed by atoms with Crippen LogP contribution in [0.3, 0.4) is 0 Å². The number of carbonyl (C=O) groups excluding carboxylic acids is 1. The first kappa shape index (κ1) is 17.2. The van der Waals surface area contributed by atoms with E-state index in [1.54, 1.807) is 11.3 Å². The Morgan fingerprint density at radius 3 is 2.88 bits per heavy atom. The van der Waals surface area contributed by atoms with Crippen molar-refractivity contribution in [1.29, 1.82) is 0 Å². The number of hydrogen-bond donors (Lipinski definition) is 1. The number of aryl methyl sites for hydroxylation is 2. The van der Waals surface area contributed by atoms with Crippen LogP contribution in [0.4, 0.5) is 0 Å². The fourth-order valence-corrected chi connectivity index (χ4v) is 4.77. The number of nitrogens with one attached hydrogen (secondary N) is 1. The molecule has 1 atom stereocenters. The Bertz CT molecular complexity index is 869. The number of thiazole rings is 1. The molecule has 1 aromatic heterocycles. The second-order valence-electron chi connectivity index (χ2n) is 6.99. The van der Waals surface area contributed by atoms with Crippen LogP contribution in [0.1, 0.15) is 54.3 Å². The molecular weight excluding hydrogens is 340 g/mol. The molecule has 0 saturated carbocycles. The molecule has 1 amide bonds. The van der Waals surface area contributed by atoms with Crippen LogP contribution in [0.2, 0.25) is 0 Å². The molecule has 0 spiro atoms. The number of benzene rings is 2. The van der Waals surface area contributed by atoms with Crippen molar-refractivity contribution in [3.63, 3.8) is 0 Å². The zero-order valence-corrected chi connectivity index (χ0v) is 15.7. The van der Waals surface area contributed by atoms with Gasteiger partial charge in [0.2, 0.25) is 5.91 Å². The van der Waals surface area contributed by atoms with Gasteiger partial charge in [-0.2, -0.15) is 0 Å². The summed E-state index contributed by atoms with van der Waals surface area (Å²) in [6.45, 7) is 0. The molecule has 2 aromatic carbocycles. The van der Waals surface area contributed by atoms with E-state index in [9.17, 15) is 4.79 Å². The standard InChI is InChI=1S/C22H24N2OS/c25-21(23-18-12-7-9-16-8-1-2-10-17(16)18)14-5-6-15-22-24-19-11-3-4-13-20(19)26-22/h1-4,8,10-11,13,18H,5-7,9,12,14-15H2,(H,23,25)/t18-/m0/s1. The summed E-state index contributed by atoms with van der Waals surface area (Å²) < 4.78 is 1.25. The molecule has 1 N–H and O–H groups in total. The monoisotopic (exact) mass is 364 g/mol. The average Bonchev–Trinajstić information content (AvgIpc) is 3.08. The molecule has 0 fully saturated rings. The first-order chi connectivity index (χ1) is 12.8. The van der Waals surface area contributed by atoms with E-state index in [4.69, 9.17) is 0 Å². The van der Waals surface area contributed by atoms with E-state index >= 15 is 0 Å². The van der Waals surface area contributed by atoms with Gasteiger partial charge in [0, 0.05) is 6.42 Å². The van der Waals surface area contributed by atoms with Crippen LogP contribution in [0, 0.1) is 0 Å². The molecule has 3 aromatic rings. The highest BCUT2D eigenvalue weighted by Gasteiger charge is 2.20. The Morgan fingerprint density at radius 2 is 1.96 bits per heavy atom. The molecule has 3 nitrogen and oxygen atoms in total. The number of amides is 1. The number of fused-ring (bicyclic) bond motifs is 2.